The molecule has 0 fully saturated rings. The molecule has 3 heterocycles. The Morgan fingerprint density at radius 2 is 1.06 bits per heavy atom. The monoisotopic (exact) mass is 872 g/mol. The van der Waals surface area contributed by atoms with Crippen LogP contribution in [0.15, 0.2) is 138 Å². The van der Waals surface area contributed by atoms with E-state index in [0.717, 1.165) is 27.9 Å². The number of fused-ring (bicyclic) bond motifs is 8. The Hall–Kier alpha value is -6.78. The maximum absolute atomic E-state index is 7.05. The largest absolute Gasteiger partial charge is 0.456 e. The number of rotatable bonds is 4. The molecule has 0 saturated carbocycles. The lowest BCUT2D eigenvalue weighted by molar-refractivity contribution is 0.590. The van der Waals surface area contributed by atoms with Crippen LogP contribution in [0.5, 0.6) is 0 Å². The van der Waals surface area contributed by atoms with Crippen LogP contribution in [0, 0.1) is 48.5 Å². The summed E-state index contributed by atoms with van der Waals surface area (Å²) in [6, 6.07) is 51.5. The lowest BCUT2D eigenvalue weighted by Gasteiger charge is -2.46. The quantitative estimate of drug-likeness (QED) is 0.164. The molecule has 0 unspecified atom stereocenters. The zero-order valence-electron chi connectivity index (χ0n) is 41.6. The molecule has 4 heteroatoms. The van der Waals surface area contributed by atoms with Crippen molar-refractivity contribution in [2.24, 2.45) is 0 Å². The number of hydrogen-bond donors (Lipinski definition) is 0. The summed E-state index contributed by atoms with van der Waals surface area (Å²) in [6.45, 7) is 29.3. The molecule has 2 aliphatic heterocycles. The van der Waals surface area contributed by atoms with Crippen LogP contribution in [0.25, 0.3) is 55.3 Å². The zero-order valence-corrected chi connectivity index (χ0v) is 41.6. The van der Waals surface area contributed by atoms with E-state index < -0.39 is 0 Å². The molecule has 8 aromatic carbocycles. The van der Waals surface area contributed by atoms with Crippen LogP contribution < -0.4 is 20.6 Å². The maximum Gasteiger partial charge on any atom is 0.333 e. The SMILES string of the molecule is Cc1cc(C)c(-c2cccc(N3c4cc(-c5c(C)cc(C)cc5C)ccc4B4c5c3cc3oc6ccc(C)cc6c3c5-c3cc(C(C)(C)C)ccc3N4c3ccc(C(C)(C)C)cc3)c2)c(C)c1. The van der Waals surface area contributed by atoms with Crippen LogP contribution in [0.1, 0.15) is 91.6 Å². The molecule has 0 saturated heterocycles. The van der Waals surface area contributed by atoms with Crippen molar-refractivity contribution >= 4 is 68.1 Å². The first kappa shape index (κ1) is 42.8. The minimum Gasteiger partial charge on any atom is -0.456 e. The summed E-state index contributed by atoms with van der Waals surface area (Å²) in [5.74, 6) is 0. The Labute approximate surface area is 398 Å². The van der Waals surface area contributed by atoms with Gasteiger partial charge in [0, 0.05) is 50.8 Å². The Balaban J connectivity index is 1.30. The lowest BCUT2D eigenvalue weighted by Crippen LogP contribution is -2.61. The molecule has 3 nitrogen and oxygen atoms in total. The second kappa shape index (κ2) is 15.1. The molecule has 0 atom stereocenters. The van der Waals surface area contributed by atoms with Gasteiger partial charge in [-0.15, -0.1) is 0 Å². The maximum atomic E-state index is 7.05. The molecule has 11 rings (SSSR count). The van der Waals surface area contributed by atoms with Crippen LogP contribution >= 0.6 is 0 Å². The standard InChI is InChI=1S/C63H61BN2O/c1-36-17-26-55-50(31-36)59-56(67-55)35-54-61-60(59)49-34-46(63(11,12)13)21-25-52(49)66(47-22-19-45(20-23-47)62(8,9)10)64(61)51-24-18-44(58-41(6)29-38(3)30-42(58)7)33-53(51)65(54)48-16-14-15-43(32-48)57-39(4)27-37(2)28-40(57)5/h14-35H,1-13H3. The molecule has 0 aliphatic carbocycles. The second-order valence-corrected chi connectivity index (χ2v) is 21.9. The third-order valence-electron chi connectivity index (χ3n) is 14.7. The molecule has 0 N–H and O–H groups in total. The van der Waals surface area contributed by atoms with Gasteiger partial charge in [-0.25, -0.2) is 0 Å². The highest BCUT2D eigenvalue weighted by Crippen LogP contribution is 2.52. The second-order valence-electron chi connectivity index (χ2n) is 21.9. The Morgan fingerprint density at radius 3 is 1.69 bits per heavy atom. The minimum atomic E-state index is -0.150. The van der Waals surface area contributed by atoms with Gasteiger partial charge in [-0.05, 0) is 186 Å². The molecule has 0 spiro atoms. The predicted molar refractivity (Wildman–Crippen MR) is 289 cm³/mol. The number of anilines is 5. The third kappa shape index (κ3) is 6.85. The number of furan rings is 1. The topological polar surface area (TPSA) is 19.6 Å². The highest BCUT2D eigenvalue weighted by atomic mass is 16.3. The molecule has 0 bridgehead atoms. The van der Waals surface area contributed by atoms with Crippen molar-refractivity contribution in [3.63, 3.8) is 0 Å². The first-order valence-electron chi connectivity index (χ1n) is 24.1. The van der Waals surface area contributed by atoms with E-state index in [1.165, 1.54) is 117 Å². The van der Waals surface area contributed by atoms with E-state index in [4.69, 9.17) is 4.42 Å². The highest BCUT2D eigenvalue weighted by molar-refractivity contribution is 6.94. The Kier molecular flexibility index (Phi) is 9.67. The van der Waals surface area contributed by atoms with E-state index >= 15 is 0 Å². The van der Waals surface area contributed by atoms with Gasteiger partial charge in [0.05, 0.1) is 0 Å². The van der Waals surface area contributed by atoms with Crippen molar-refractivity contribution in [3.05, 3.63) is 184 Å². The van der Waals surface area contributed by atoms with Gasteiger partial charge >= 0.3 is 6.85 Å². The Morgan fingerprint density at radius 1 is 0.448 bits per heavy atom. The zero-order chi connectivity index (χ0) is 47.0. The van der Waals surface area contributed by atoms with Crippen molar-refractivity contribution in [1.82, 2.24) is 0 Å². The van der Waals surface area contributed by atoms with Crippen LogP contribution in [-0.2, 0) is 10.8 Å². The van der Waals surface area contributed by atoms with E-state index in [9.17, 15) is 0 Å². The minimum absolute atomic E-state index is 0.0244. The molecular formula is C63H61BN2O. The number of hydrogen-bond acceptors (Lipinski definition) is 3. The summed E-state index contributed by atoms with van der Waals surface area (Å²) in [5, 5.41) is 2.34. The summed E-state index contributed by atoms with van der Waals surface area (Å²) < 4.78 is 7.05. The summed E-state index contributed by atoms with van der Waals surface area (Å²) in [4.78, 5) is 5.21. The van der Waals surface area contributed by atoms with Gasteiger partial charge in [-0.1, -0.05) is 131 Å². The van der Waals surface area contributed by atoms with E-state index in [1.54, 1.807) is 0 Å². The first-order chi connectivity index (χ1) is 31.8. The van der Waals surface area contributed by atoms with Crippen molar-refractivity contribution in [1.29, 1.82) is 0 Å². The van der Waals surface area contributed by atoms with Gasteiger partial charge in [-0.3, -0.25) is 0 Å². The average molecular weight is 873 g/mol. The van der Waals surface area contributed by atoms with Gasteiger partial charge in [0.2, 0.25) is 0 Å². The predicted octanol–water partition coefficient (Wildman–Crippen LogP) is 16.4. The molecular weight excluding hydrogens is 812 g/mol. The van der Waals surface area contributed by atoms with Crippen LogP contribution in [0.2, 0.25) is 0 Å². The average Bonchev–Trinajstić information content (AvgIpc) is 3.62. The van der Waals surface area contributed by atoms with E-state index in [0.29, 0.717) is 0 Å². The number of aryl methyl sites for hydroxylation is 7. The fourth-order valence-electron chi connectivity index (χ4n) is 11.8. The van der Waals surface area contributed by atoms with Crippen molar-refractivity contribution in [2.75, 3.05) is 9.71 Å². The van der Waals surface area contributed by atoms with Gasteiger partial charge in [0.25, 0.3) is 0 Å². The van der Waals surface area contributed by atoms with Crippen LogP contribution in [0.3, 0.4) is 0 Å². The molecule has 9 aromatic rings. The summed E-state index contributed by atoms with van der Waals surface area (Å²) >= 11 is 0. The van der Waals surface area contributed by atoms with Crippen LogP contribution in [-0.4, -0.2) is 6.85 Å². The van der Waals surface area contributed by atoms with Crippen molar-refractivity contribution < 1.29 is 4.42 Å². The lowest BCUT2D eigenvalue weighted by atomic mass is 9.43. The van der Waals surface area contributed by atoms with E-state index in [2.05, 4.69) is 233 Å². The van der Waals surface area contributed by atoms with Crippen molar-refractivity contribution in [2.45, 2.75) is 101 Å². The molecule has 2 aliphatic rings. The summed E-state index contributed by atoms with van der Waals surface area (Å²) in [6.07, 6.45) is 0. The normalized spacial score (nSPS) is 13.4. The first-order valence-corrected chi connectivity index (χ1v) is 24.1. The highest BCUT2D eigenvalue weighted by Gasteiger charge is 2.47. The molecule has 1 aromatic heterocycles. The fraction of sp³-hybridized carbons (Fsp3) is 0.238. The van der Waals surface area contributed by atoms with Crippen LogP contribution in [0.4, 0.5) is 28.4 Å². The van der Waals surface area contributed by atoms with Gasteiger partial charge in [0.1, 0.15) is 11.2 Å². The van der Waals surface area contributed by atoms with Gasteiger partial charge in [-0.2, -0.15) is 0 Å². The van der Waals surface area contributed by atoms with E-state index in [-0.39, 0.29) is 17.7 Å². The molecule has 67 heavy (non-hydrogen) atoms. The molecule has 332 valence electrons. The third-order valence-corrected chi connectivity index (χ3v) is 14.7. The summed E-state index contributed by atoms with van der Waals surface area (Å²) in [7, 11) is 0. The van der Waals surface area contributed by atoms with E-state index in [1.807, 2.05) is 0 Å². The van der Waals surface area contributed by atoms with Gasteiger partial charge < -0.3 is 14.1 Å². The number of benzene rings is 8. The van der Waals surface area contributed by atoms with Gasteiger partial charge in [0.15, 0.2) is 0 Å². The number of nitrogens with zero attached hydrogens (tertiary/aromatic N) is 2. The Bertz CT molecular complexity index is 3470. The van der Waals surface area contributed by atoms with Crippen molar-refractivity contribution in [3.8, 4) is 33.4 Å². The smallest absolute Gasteiger partial charge is 0.333 e. The molecule has 0 radical (unpaired) electrons. The summed E-state index contributed by atoms with van der Waals surface area (Å²) in [5.41, 5.74) is 29.2. The molecule has 0 amide bonds. The fourth-order valence-corrected chi connectivity index (χ4v) is 11.8.